The predicted octanol–water partition coefficient (Wildman–Crippen LogP) is 6.44. The molecule has 5 aliphatic rings. The van der Waals surface area contributed by atoms with Gasteiger partial charge in [-0.1, -0.05) is 18.2 Å². The number of rotatable bonds is 5. The van der Waals surface area contributed by atoms with Crippen LogP contribution in [-0.4, -0.2) is 12.0 Å². The number of carbonyl (C=O) groups is 1. The lowest BCUT2D eigenvalue weighted by Crippen LogP contribution is -2.48. The van der Waals surface area contributed by atoms with Crippen LogP contribution in [-0.2, 0) is 23.1 Å². The molecule has 1 atom stereocenters. The van der Waals surface area contributed by atoms with E-state index in [4.69, 9.17) is 4.74 Å². The van der Waals surface area contributed by atoms with Crippen LogP contribution in [0.5, 0.6) is 5.75 Å². The van der Waals surface area contributed by atoms with Gasteiger partial charge in [0, 0.05) is 5.69 Å². The second-order valence-electron chi connectivity index (χ2n) is 11.2. The van der Waals surface area contributed by atoms with E-state index in [1.807, 2.05) is 13.0 Å². The van der Waals surface area contributed by atoms with Crippen molar-refractivity contribution in [3.05, 3.63) is 59.2 Å². The van der Waals surface area contributed by atoms with Gasteiger partial charge in [-0.2, -0.15) is 0 Å². The van der Waals surface area contributed by atoms with Crippen LogP contribution >= 0.6 is 0 Å². The molecule has 0 aliphatic heterocycles. The Morgan fingerprint density at radius 1 is 0.906 bits per heavy atom. The number of carbonyl (C=O) groups excluding carboxylic acids is 1. The highest BCUT2D eigenvalue weighted by atomic mass is 16.5. The summed E-state index contributed by atoms with van der Waals surface area (Å²) in [6, 6.07) is 15.0. The average molecular weight is 430 g/mol. The van der Waals surface area contributed by atoms with Crippen LogP contribution in [0.2, 0.25) is 0 Å². The molecule has 3 nitrogen and oxygen atoms in total. The number of nitrogens with one attached hydrogen (secondary N) is 1. The van der Waals surface area contributed by atoms with Crippen LogP contribution in [0.1, 0.15) is 75.0 Å². The number of hydrogen-bond donors (Lipinski definition) is 1. The van der Waals surface area contributed by atoms with Crippen LogP contribution in [0.4, 0.5) is 5.69 Å². The highest BCUT2D eigenvalue weighted by Gasteiger charge is 2.51. The molecule has 1 amide bonds. The molecule has 4 fully saturated rings. The molecule has 0 spiro atoms. The van der Waals surface area contributed by atoms with Gasteiger partial charge in [0.2, 0.25) is 0 Å². The zero-order chi connectivity index (χ0) is 21.7. The number of amides is 1. The summed E-state index contributed by atoms with van der Waals surface area (Å²) >= 11 is 0. The summed E-state index contributed by atoms with van der Waals surface area (Å²) in [5, 5.41) is 3.06. The lowest BCUT2D eigenvalue weighted by molar-refractivity contribution is -0.122. The Bertz CT molecular complexity index is 973. The third-order valence-electron chi connectivity index (χ3n) is 8.81. The second kappa shape index (κ2) is 7.93. The molecular weight excluding hydrogens is 394 g/mol. The van der Waals surface area contributed by atoms with Gasteiger partial charge in [-0.25, -0.2) is 0 Å². The van der Waals surface area contributed by atoms with Crippen molar-refractivity contribution in [2.45, 2.75) is 82.7 Å². The third-order valence-corrected chi connectivity index (χ3v) is 8.81. The van der Waals surface area contributed by atoms with Crippen molar-refractivity contribution in [1.82, 2.24) is 0 Å². The van der Waals surface area contributed by atoms with Crippen molar-refractivity contribution in [3.8, 4) is 5.75 Å². The quantitative estimate of drug-likeness (QED) is 0.594. The van der Waals surface area contributed by atoms with E-state index in [0.717, 1.165) is 42.0 Å². The molecule has 7 rings (SSSR count). The summed E-state index contributed by atoms with van der Waals surface area (Å²) in [7, 11) is 0. The Morgan fingerprint density at radius 2 is 1.53 bits per heavy atom. The SMILES string of the molecule is C[C@@H](Oc1ccc2c(c1)CCCC2)C(=O)Nc1ccc(C23CC4CC(CC(C4)C2)C3)cc1. The Labute approximate surface area is 191 Å². The minimum Gasteiger partial charge on any atom is -0.481 e. The summed E-state index contributed by atoms with van der Waals surface area (Å²) in [6.45, 7) is 1.83. The lowest BCUT2D eigenvalue weighted by atomic mass is 9.48. The molecule has 0 aromatic heterocycles. The molecule has 1 N–H and O–H groups in total. The van der Waals surface area contributed by atoms with Crippen LogP contribution in [0.25, 0.3) is 0 Å². The molecule has 5 aliphatic carbocycles. The maximum absolute atomic E-state index is 12.8. The first-order chi connectivity index (χ1) is 15.6. The highest BCUT2D eigenvalue weighted by Crippen LogP contribution is 2.60. The molecule has 3 heteroatoms. The lowest BCUT2D eigenvalue weighted by Gasteiger charge is -2.57. The van der Waals surface area contributed by atoms with Gasteiger partial charge in [-0.3, -0.25) is 4.79 Å². The monoisotopic (exact) mass is 429 g/mol. The minimum absolute atomic E-state index is 0.0923. The fraction of sp³-hybridized carbons (Fsp3) is 0.552. The fourth-order valence-electron chi connectivity index (χ4n) is 7.66. The minimum atomic E-state index is -0.528. The van der Waals surface area contributed by atoms with Gasteiger partial charge in [0.1, 0.15) is 5.75 Å². The van der Waals surface area contributed by atoms with Gasteiger partial charge < -0.3 is 10.1 Å². The van der Waals surface area contributed by atoms with Crippen LogP contribution in [0, 0.1) is 17.8 Å². The van der Waals surface area contributed by atoms with Crippen molar-refractivity contribution in [3.63, 3.8) is 0 Å². The number of anilines is 1. The molecule has 0 saturated heterocycles. The fourth-order valence-corrected chi connectivity index (χ4v) is 7.66. The molecule has 4 bridgehead atoms. The van der Waals surface area contributed by atoms with E-state index >= 15 is 0 Å². The number of hydrogen-bond acceptors (Lipinski definition) is 2. The van der Waals surface area contributed by atoms with Crippen molar-refractivity contribution in [2.24, 2.45) is 17.8 Å². The topological polar surface area (TPSA) is 38.3 Å². The first kappa shape index (κ1) is 20.3. The Balaban J connectivity index is 1.10. The number of benzene rings is 2. The number of ether oxygens (including phenoxy) is 1. The summed E-state index contributed by atoms with van der Waals surface area (Å²) < 4.78 is 5.99. The molecule has 168 valence electrons. The summed E-state index contributed by atoms with van der Waals surface area (Å²) in [6.07, 6.45) is 12.8. The molecule has 0 radical (unpaired) electrons. The average Bonchev–Trinajstić information content (AvgIpc) is 2.78. The second-order valence-corrected chi connectivity index (χ2v) is 11.2. The first-order valence-electron chi connectivity index (χ1n) is 12.8. The first-order valence-corrected chi connectivity index (χ1v) is 12.8. The molecule has 2 aromatic rings. The molecule has 0 unspecified atom stereocenters. The maximum atomic E-state index is 12.8. The van der Waals surface area contributed by atoms with E-state index in [9.17, 15) is 4.79 Å². The standard InChI is InChI=1S/C29H35NO2/c1-19(32-27-11-6-23-4-2-3-5-24(23)15-27)28(31)30-26-9-7-25(8-10-26)29-16-20-12-21(17-29)14-22(13-20)18-29/h6-11,15,19-22H,2-5,12-14,16-18H2,1H3,(H,30,31)/t19-,20?,21?,22?,29?/m1/s1. The normalized spacial score (nSPS) is 31.1. The Morgan fingerprint density at radius 3 is 2.19 bits per heavy atom. The summed E-state index contributed by atoms with van der Waals surface area (Å²) in [5.41, 5.74) is 5.57. The summed E-state index contributed by atoms with van der Waals surface area (Å²) in [4.78, 5) is 12.8. The van der Waals surface area contributed by atoms with Gasteiger partial charge in [0.15, 0.2) is 6.10 Å². The number of fused-ring (bicyclic) bond motifs is 1. The van der Waals surface area contributed by atoms with Crippen molar-refractivity contribution >= 4 is 11.6 Å². The Kier molecular flexibility index (Phi) is 5.04. The van der Waals surface area contributed by atoms with E-state index in [1.165, 1.54) is 68.1 Å². The van der Waals surface area contributed by atoms with Gasteiger partial charge >= 0.3 is 0 Å². The Hall–Kier alpha value is -2.29. The van der Waals surface area contributed by atoms with Crippen LogP contribution in [0.3, 0.4) is 0 Å². The highest BCUT2D eigenvalue weighted by molar-refractivity contribution is 5.94. The van der Waals surface area contributed by atoms with Crippen molar-refractivity contribution < 1.29 is 9.53 Å². The molecular formula is C29H35NO2. The summed E-state index contributed by atoms with van der Waals surface area (Å²) in [5.74, 6) is 3.54. The van der Waals surface area contributed by atoms with Crippen LogP contribution < -0.4 is 10.1 Å². The van der Waals surface area contributed by atoms with Crippen LogP contribution in [0.15, 0.2) is 42.5 Å². The largest absolute Gasteiger partial charge is 0.481 e. The number of aryl methyl sites for hydroxylation is 2. The van der Waals surface area contributed by atoms with E-state index in [-0.39, 0.29) is 5.91 Å². The van der Waals surface area contributed by atoms with Gasteiger partial charge in [-0.05, 0) is 135 Å². The molecule has 0 heterocycles. The zero-order valence-electron chi connectivity index (χ0n) is 19.2. The van der Waals surface area contributed by atoms with Gasteiger partial charge in [0.05, 0.1) is 0 Å². The molecule has 32 heavy (non-hydrogen) atoms. The van der Waals surface area contributed by atoms with E-state index < -0.39 is 6.10 Å². The predicted molar refractivity (Wildman–Crippen MR) is 128 cm³/mol. The molecule has 4 saturated carbocycles. The van der Waals surface area contributed by atoms with E-state index in [2.05, 4.69) is 41.7 Å². The van der Waals surface area contributed by atoms with Crippen molar-refractivity contribution in [1.29, 1.82) is 0 Å². The molecule has 2 aromatic carbocycles. The zero-order valence-corrected chi connectivity index (χ0v) is 19.2. The van der Waals surface area contributed by atoms with E-state index in [1.54, 1.807) is 0 Å². The van der Waals surface area contributed by atoms with Gasteiger partial charge in [0.25, 0.3) is 5.91 Å². The third kappa shape index (κ3) is 3.74. The maximum Gasteiger partial charge on any atom is 0.265 e. The smallest absolute Gasteiger partial charge is 0.265 e. The van der Waals surface area contributed by atoms with E-state index in [0.29, 0.717) is 5.41 Å². The van der Waals surface area contributed by atoms with Gasteiger partial charge in [-0.15, -0.1) is 0 Å². The van der Waals surface area contributed by atoms with Crippen molar-refractivity contribution in [2.75, 3.05) is 5.32 Å².